The van der Waals surface area contributed by atoms with E-state index in [-0.39, 0.29) is 17.6 Å². The van der Waals surface area contributed by atoms with Gasteiger partial charge >= 0.3 is 0 Å². The molecule has 1 amide bonds. The van der Waals surface area contributed by atoms with Crippen molar-refractivity contribution in [3.63, 3.8) is 0 Å². The molecule has 36 heavy (non-hydrogen) atoms. The minimum absolute atomic E-state index is 0.0125. The summed E-state index contributed by atoms with van der Waals surface area (Å²) in [5.41, 5.74) is 2.49. The fraction of sp³-hybridized carbons (Fsp3) is 0.0714. The lowest BCUT2D eigenvalue weighted by molar-refractivity contribution is -0.384. The number of benzene rings is 3. The van der Waals surface area contributed by atoms with Crippen LogP contribution in [0.1, 0.15) is 24.3 Å². The number of carbonyl (C=O) groups is 1. The largest absolute Gasteiger partial charge is 0.457 e. The minimum atomic E-state index is -0.443. The summed E-state index contributed by atoms with van der Waals surface area (Å²) in [5.74, 6) is 0.909. The predicted octanol–water partition coefficient (Wildman–Crippen LogP) is 7.22. The van der Waals surface area contributed by atoms with Crippen molar-refractivity contribution in [3.05, 3.63) is 123 Å². The van der Waals surface area contributed by atoms with E-state index in [0.29, 0.717) is 27.2 Å². The second-order valence-electron chi connectivity index (χ2n) is 8.11. The zero-order valence-corrected chi connectivity index (χ0v) is 20.1. The number of amides is 1. The van der Waals surface area contributed by atoms with E-state index in [1.54, 1.807) is 35.2 Å². The maximum atomic E-state index is 13.6. The van der Waals surface area contributed by atoms with Gasteiger partial charge in [-0.1, -0.05) is 48.5 Å². The van der Waals surface area contributed by atoms with Gasteiger partial charge in [0, 0.05) is 23.8 Å². The topological polar surface area (TPSA) is 89.0 Å². The smallest absolute Gasteiger partial charge is 0.269 e. The van der Waals surface area contributed by atoms with Crippen molar-refractivity contribution >= 4 is 40.3 Å². The summed E-state index contributed by atoms with van der Waals surface area (Å²) < 4.78 is 5.94. The summed E-state index contributed by atoms with van der Waals surface area (Å²) in [7, 11) is 0. The average Bonchev–Trinajstić information content (AvgIpc) is 3.49. The Morgan fingerprint density at radius 3 is 2.28 bits per heavy atom. The van der Waals surface area contributed by atoms with Crippen molar-refractivity contribution in [1.82, 2.24) is 4.90 Å². The van der Waals surface area contributed by atoms with Gasteiger partial charge in [0.2, 0.25) is 0 Å². The van der Waals surface area contributed by atoms with E-state index in [0.717, 1.165) is 11.3 Å². The highest BCUT2D eigenvalue weighted by Gasteiger charge is 2.37. The van der Waals surface area contributed by atoms with Gasteiger partial charge in [-0.2, -0.15) is 0 Å². The van der Waals surface area contributed by atoms with Gasteiger partial charge in [0.05, 0.1) is 21.6 Å². The Morgan fingerprint density at radius 1 is 0.944 bits per heavy atom. The molecule has 1 aliphatic rings. The summed E-state index contributed by atoms with van der Waals surface area (Å²) in [6, 6.07) is 28.8. The molecule has 0 spiro atoms. The molecule has 0 radical (unpaired) electrons. The summed E-state index contributed by atoms with van der Waals surface area (Å²) in [5, 5.41) is 11.5. The lowest BCUT2D eigenvalue weighted by Gasteiger charge is -2.24. The first-order valence-electron chi connectivity index (χ1n) is 11.3. The highest BCUT2D eigenvalue weighted by Crippen LogP contribution is 2.39. The molecule has 2 heterocycles. The second kappa shape index (κ2) is 10.1. The molecule has 0 saturated carbocycles. The zero-order chi connectivity index (χ0) is 25.1. The van der Waals surface area contributed by atoms with Crippen molar-refractivity contribution < 1.29 is 14.1 Å². The number of thioether (sulfide) groups is 1. The summed E-state index contributed by atoms with van der Waals surface area (Å²) in [4.78, 5) is 31.0. The van der Waals surface area contributed by atoms with Crippen molar-refractivity contribution in [2.45, 2.75) is 13.0 Å². The van der Waals surface area contributed by atoms with Gasteiger partial charge in [-0.05, 0) is 60.6 Å². The maximum Gasteiger partial charge on any atom is 0.269 e. The number of para-hydroxylation sites is 1. The molecule has 7 nitrogen and oxygen atoms in total. The lowest BCUT2D eigenvalue weighted by atomic mass is 10.1. The lowest BCUT2D eigenvalue weighted by Crippen LogP contribution is -2.32. The van der Waals surface area contributed by atoms with Crippen LogP contribution in [-0.2, 0) is 4.79 Å². The molecule has 5 rings (SSSR count). The Bertz CT molecular complexity index is 1460. The number of hydrogen-bond acceptors (Lipinski definition) is 6. The normalized spacial score (nSPS) is 16.6. The number of carbonyl (C=O) groups excluding carboxylic acids is 1. The third kappa shape index (κ3) is 4.85. The number of aliphatic imine (C=N–C) groups is 1. The first kappa shape index (κ1) is 23.3. The molecule has 1 fully saturated rings. The van der Waals surface area contributed by atoms with Crippen LogP contribution in [-0.4, -0.2) is 20.9 Å². The Morgan fingerprint density at radius 2 is 1.61 bits per heavy atom. The molecule has 1 aromatic heterocycles. The van der Waals surface area contributed by atoms with Crippen LogP contribution < -0.4 is 0 Å². The van der Waals surface area contributed by atoms with Crippen LogP contribution in [0, 0.1) is 10.1 Å². The van der Waals surface area contributed by atoms with Gasteiger partial charge in [-0.15, -0.1) is 0 Å². The van der Waals surface area contributed by atoms with E-state index in [4.69, 9.17) is 9.41 Å². The monoisotopic (exact) mass is 495 g/mol. The molecule has 3 aromatic carbocycles. The summed E-state index contributed by atoms with van der Waals surface area (Å²) >= 11 is 1.30. The number of amidine groups is 1. The van der Waals surface area contributed by atoms with Crippen molar-refractivity contribution in [3.8, 4) is 11.3 Å². The van der Waals surface area contributed by atoms with Crippen LogP contribution in [0.25, 0.3) is 17.4 Å². The van der Waals surface area contributed by atoms with E-state index in [2.05, 4.69) is 0 Å². The molecule has 0 N–H and O–H groups in total. The van der Waals surface area contributed by atoms with E-state index < -0.39 is 4.92 Å². The van der Waals surface area contributed by atoms with Gasteiger partial charge in [0.15, 0.2) is 5.17 Å². The van der Waals surface area contributed by atoms with Crippen molar-refractivity contribution in [2.24, 2.45) is 4.99 Å². The third-order valence-electron chi connectivity index (χ3n) is 5.75. The average molecular weight is 496 g/mol. The number of nitro groups is 1. The molecular weight excluding hydrogens is 474 g/mol. The minimum Gasteiger partial charge on any atom is -0.457 e. The molecule has 0 unspecified atom stereocenters. The predicted molar refractivity (Wildman–Crippen MR) is 142 cm³/mol. The molecule has 1 atom stereocenters. The second-order valence-corrected chi connectivity index (χ2v) is 9.12. The highest BCUT2D eigenvalue weighted by molar-refractivity contribution is 8.18. The SMILES string of the molecule is C[C@H](c1ccccc1)N1C(=O)/C(=C\c2ccc(-c3ccc([N+](=O)[O-])cc3)o2)SC1=Nc1ccccc1. The molecule has 1 aliphatic heterocycles. The van der Waals surface area contributed by atoms with Gasteiger partial charge in [0.25, 0.3) is 11.6 Å². The van der Waals surface area contributed by atoms with E-state index >= 15 is 0 Å². The number of nitro benzene ring substituents is 1. The molecular formula is C28H21N3O4S. The molecule has 0 aliphatic carbocycles. The summed E-state index contributed by atoms with van der Waals surface area (Å²) in [6.45, 7) is 1.98. The molecule has 178 valence electrons. The molecule has 0 bridgehead atoms. The van der Waals surface area contributed by atoms with Gasteiger partial charge in [-0.3, -0.25) is 19.8 Å². The molecule has 1 saturated heterocycles. The number of nitrogens with zero attached hydrogens (tertiary/aromatic N) is 3. The summed E-state index contributed by atoms with van der Waals surface area (Å²) in [6.07, 6.45) is 1.71. The van der Waals surface area contributed by atoms with Crippen LogP contribution in [0.2, 0.25) is 0 Å². The van der Waals surface area contributed by atoms with E-state index in [1.165, 1.54) is 23.9 Å². The van der Waals surface area contributed by atoms with Crippen LogP contribution in [0.4, 0.5) is 11.4 Å². The first-order chi connectivity index (χ1) is 17.5. The van der Waals surface area contributed by atoms with Crippen LogP contribution in [0.3, 0.4) is 0 Å². The molecule has 4 aromatic rings. The van der Waals surface area contributed by atoms with E-state index in [1.807, 2.05) is 67.6 Å². The maximum absolute atomic E-state index is 13.6. The third-order valence-corrected chi connectivity index (χ3v) is 6.73. The number of rotatable bonds is 6. The Hall–Kier alpha value is -4.43. The van der Waals surface area contributed by atoms with Gasteiger partial charge < -0.3 is 4.42 Å². The fourth-order valence-corrected chi connectivity index (χ4v) is 4.91. The fourth-order valence-electron chi connectivity index (χ4n) is 3.86. The Labute approximate surface area is 211 Å². The van der Waals surface area contributed by atoms with Crippen molar-refractivity contribution in [2.75, 3.05) is 0 Å². The van der Waals surface area contributed by atoms with E-state index in [9.17, 15) is 14.9 Å². The van der Waals surface area contributed by atoms with Gasteiger partial charge in [-0.25, -0.2) is 4.99 Å². The van der Waals surface area contributed by atoms with Crippen LogP contribution in [0.15, 0.2) is 111 Å². The van der Waals surface area contributed by atoms with Crippen LogP contribution >= 0.6 is 11.8 Å². The first-order valence-corrected chi connectivity index (χ1v) is 12.1. The van der Waals surface area contributed by atoms with Crippen molar-refractivity contribution in [1.29, 1.82) is 0 Å². The Balaban J connectivity index is 1.46. The van der Waals surface area contributed by atoms with Gasteiger partial charge in [0.1, 0.15) is 11.5 Å². The number of furan rings is 1. The Kier molecular flexibility index (Phi) is 6.51. The quantitative estimate of drug-likeness (QED) is 0.160. The highest BCUT2D eigenvalue weighted by atomic mass is 32.2. The number of hydrogen-bond donors (Lipinski definition) is 0. The number of non-ortho nitro benzene ring substituents is 1. The molecule has 8 heteroatoms. The standard InChI is InChI=1S/C28H21N3O4S/c1-19(20-8-4-2-5-9-20)30-27(32)26(36-28(30)29-22-10-6-3-7-11-22)18-24-16-17-25(35-24)21-12-14-23(15-13-21)31(33)34/h2-19H,1H3/b26-18+,29-28?/t19-/m1/s1. The van der Waals surface area contributed by atoms with Crippen LogP contribution in [0.5, 0.6) is 0 Å². The zero-order valence-electron chi connectivity index (χ0n) is 19.3.